The second-order valence-electron chi connectivity index (χ2n) is 3.87. The van der Waals surface area contributed by atoms with Gasteiger partial charge in [0.2, 0.25) is 0 Å². The monoisotopic (exact) mass is 207 g/mol. The second-order valence-corrected chi connectivity index (χ2v) is 3.87. The van der Waals surface area contributed by atoms with Gasteiger partial charge in [-0.1, -0.05) is 0 Å². The number of likely N-dealkylation sites (N-methyl/N-ethyl adjacent to an activating group) is 1. The van der Waals surface area contributed by atoms with Crippen molar-refractivity contribution in [2.45, 2.75) is 6.10 Å². The van der Waals surface area contributed by atoms with Crippen LogP contribution in [0.1, 0.15) is 0 Å². The molecular weight excluding hydrogens is 190 g/mol. The summed E-state index contributed by atoms with van der Waals surface area (Å²) >= 11 is 0. The highest BCUT2D eigenvalue weighted by Crippen LogP contribution is 2.07. The van der Waals surface area contributed by atoms with E-state index in [1.165, 1.54) is 0 Å². The van der Waals surface area contributed by atoms with Crippen molar-refractivity contribution in [2.75, 3.05) is 38.6 Å². The first-order valence-electron chi connectivity index (χ1n) is 5.28. The molecule has 0 amide bonds. The van der Waals surface area contributed by atoms with E-state index in [4.69, 9.17) is 4.74 Å². The molecule has 15 heavy (non-hydrogen) atoms. The lowest BCUT2D eigenvalue weighted by Gasteiger charge is -2.30. The first kappa shape index (κ1) is 10.4. The summed E-state index contributed by atoms with van der Waals surface area (Å²) in [4.78, 5) is 6.27. The minimum Gasteiger partial charge on any atom is -0.382 e. The van der Waals surface area contributed by atoms with Crippen LogP contribution in [0.25, 0.3) is 0 Å². The molecule has 0 aromatic carbocycles. The molecule has 4 heteroatoms. The molecule has 1 aliphatic heterocycles. The van der Waals surface area contributed by atoms with E-state index in [1.807, 2.05) is 12.1 Å². The first-order valence-corrected chi connectivity index (χ1v) is 5.28. The molecule has 1 N–H and O–H groups in total. The van der Waals surface area contributed by atoms with E-state index in [0.717, 1.165) is 31.9 Å². The van der Waals surface area contributed by atoms with Gasteiger partial charge in [0.1, 0.15) is 0 Å². The Morgan fingerprint density at radius 3 is 3.07 bits per heavy atom. The zero-order valence-electron chi connectivity index (χ0n) is 9.02. The largest absolute Gasteiger partial charge is 0.382 e. The Hall–Kier alpha value is -1.13. The number of hydrogen-bond donors (Lipinski definition) is 1. The van der Waals surface area contributed by atoms with Gasteiger partial charge in [0.15, 0.2) is 0 Å². The molecule has 1 aromatic heterocycles. The number of morpholine rings is 1. The average molecular weight is 207 g/mol. The average Bonchev–Trinajstić information content (AvgIpc) is 2.28. The number of rotatable bonds is 3. The van der Waals surface area contributed by atoms with Gasteiger partial charge in [0.25, 0.3) is 0 Å². The Morgan fingerprint density at radius 2 is 2.33 bits per heavy atom. The second kappa shape index (κ2) is 5.09. The summed E-state index contributed by atoms with van der Waals surface area (Å²) < 4.78 is 5.65. The summed E-state index contributed by atoms with van der Waals surface area (Å²) in [6.45, 7) is 3.72. The van der Waals surface area contributed by atoms with Crippen molar-refractivity contribution in [2.24, 2.45) is 0 Å². The van der Waals surface area contributed by atoms with Crippen LogP contribution in [-0.4, -0.2) is 49.3 Å². The fourth-order valence-corrected chi connectivity index (χ4v) is 1.69. The molecule has 4 nitrogen and oxygen atoms in total. The summed E-state index contributed by atoms with van der Waals surface area (Å²) in [6.07, 6.45) is 3.86. The minimum absolute atomic E-state index is 0.289. The zero-order valence-corrected chi connectivity index (χ0v) is 9.02. The van der Waals surface area contributed by atoms with E-state index in [1.54, 1.807) is 12.4 Å². The van der Waals surface area contributed by atoms with E-state index in [0.29, 0.717) is 0 Å². The Balaban J connectivity index is 1.78. The molecule has 1 aliphatic rings. The number of anilines is 1. The van der Waals surface area contributed by atoms with E-state index in [-0.39, 0.29) is 6.10 Å². The number of hydrogen-bond acceptors (Lipinski definition) is 4. The number of nitrogens with zero attached hydrogens (tertiary/aromatic N) is 2. The standard InChI is InChI=1S/C11H17N3O/c1-14-6-7-15-11(9-14)8-13-10-2-4-12-5-3-10/h2-5,11H,6-9H2,1H3,(H,12,13). The quantitative estimate of drug-likeness (QED) is 0.796. The summed E-state index contributed by atoms with van der Waals surface area (Å²) in [5.74, 6) is 0. The topological polar surface area (TPSA) is 37.4 Å². The third kappa shape index (κ3) is 3.18. The number of pyridine rings is 1. The Bertz CT molecular complexity index is 291. The molecule has 0 bridgehead atoms. The molecule has 2 rings (SSSR count). The van der Waals surface area contributed by atoms with Gasteiger partial charge >= 0.3 is 0 Å². The SMILES string of the molecule is CN1CCOC(CNc2ccncc2)C1. The van der Waals surface area contributed by atoms with Crippen LogP contribution in [0.3, 0.4) is 0 Å². The van der Waals surface area contributed by atoms with Crippen LogP contribution in [0.2, 0.25) is 0 Å². The van der Waals surface area contributed by atoms with Crippen molar-refractivity contribution in [1.82, 2.24) is 9.88 Å². The highest BCUT2D eigenvalue weighted by Gasteiger charge is 2.16. The van der Waals surface area contributed by atoms with Crippen LogP contribution < -0.4 is 5.32 Å². The molecule has 1 saturated heterocycles. The minimum atomic E-state index is 0.289. The maximum atomic E-state index is 5.65. The van der Waals surface area contributed by atoms with Crippen LogP contribution in [0.5, 0.6) is 0 Å². The van der Waals surface area contributed by atoms with Crippen molar-refractivity contribution in [3.05, 3.63) is 24.5 Å². The van der Waals surface area contributed by atoms with Gasteiger partial charge in [0, 0.05) is 37.7 Å². The van der Waals surface area contributed by atoms with E-state index in [9.17, 15) is 0 Å². The predicted octanol–water partition coefficient (Wildman–Crippen LogP) is 0.824. The number of aromatic nitrogens is 1. The highest BCUT2D eigenvalue weighted by atomic mass is 16.5. The highest BCUT2D eigenvalue weighted by molar-refractivity contribution is 5.40. The molecule has 82 valence electrons. The van der Waals surface area contributed by atoms with Crippen LogP contribution in [-0.2, 0) is 4.74 Å². The Labute approximate surface area is 90.3 Å². The van der Waals surface area contributed by atoms with Crippen molar-refractivity contribution in [3.8, 4) is 0 Å². The predicted molar refractivity (Wildman–Crippen MR) is 60.0 cm³/mol. The molecule has 2 heterocycles. The number of nitrogens with one attached hydrogen (secondary N) is 1. The Kier molecular flexibility index (Phi) is 3.53. The number of ether oxygens (including phenoxy) is 1. The lowest BCUT2D eigenvalue weighted by molar-refractivity contribution is -0.0117. The van der Waals surface area contributed by atoms with Crippen LogP contribution >= 0.6 is 0 Å². The fraction of sp³-hybridized carbons (Fsp3) is 0.545. The van der Waals surface area contributed by atoms with E-state index >= 15 is 0 Å². The normalized spacial score (nSPS) is 22.6. The van der Waals surface area contributed by atoms with Crippen molar-refractivity contribution in [1.29, 1.82) is 0 Å². The molecular formula is C11H17N3O. The van der Waals surface area contributed by atoms with Gasteiger partial charge < -0.3 is 15.0 Å². The Morgan fingerprint density at radius 1 is 1.53 bits per heavy atom. The van der Waals surface area contributed by atoms with Gasteiger partial charge in [-0.05, 0) is 19.2 Å². The molecule has 0 saturated carbocycles. The molecule has 1 aromatic rings. The van der Waals surface area contributed by atoms with Gasteiger partial charge in [-0.2, -0.15) is 0 Å². The van der Waals surface area contributed by atoms with Gasteiger partial charge in [-0.3, -0.25) is 4.98 Å². The summed E-state index contributed by atoms with van der Waals surface area (Å²) in [5, 5.41) is 3.34. The molecule has 1 fully saturated rings. The van der Waals surface area contributed by atoms with Crippen molar-refractivity contribution >= 4 is 5.69 Å². The maximum absolute atomic E-state index is 5.65. The summed E-state index contributed by atoms with van der Waals surface area (Å²) in [5.41, 5.74) is 1.10. The van der Waals surface area contributed by atoms with Gasteiger partial charge in [0.05, 0.1) is 12.7 Å². The summed E-state index contributed by atoms with van der Waals surface area (Å²) in [6, 6.07) is 3.93. The van der Waals surface area contributed by atoms with E-state index < -0.39 is 0 Å². The lowest BCUT2D eigenvalue weighted by Crippen LogP contribution is -2.43. The third-order valence-electron chi connectivity index (χ3n) is 2.56. The molecule has 0 radical (unpaired) electrons. The van der Waals surface area contributed by atoms with Gasteiger partial charge in [-0.25, -0.2) is 0 Å². The molecule has 1 atom stereocenters. The fourth-order valence-electron chi connectivity index (χ4n) is 1.69. The van der Waals surface area contributed by atoms with Crippen molar-refractivity contribution < 1.29 is 4.74 Å². The first-order chi connectivity index (χ1) is 7.34. The molecule has 0 spiro atoms. The van der Waals surface area contributed by atoms with Gasteiger partial charge in [-0.15, -0.1) is 0 Å². The smallest absolute Gasteiger partial charge is 0.0874 e. The maximum Gasteiger partial charge on any atom is 0.0874 e. The van der Waals surface area contributed by atoms with Crippen LogP contribution in [0.15, 0.2) is 24.5 Å². The third-order valence-corrected chi connectivity index (χ3v) is 2.56. The molecule has 0 aliphatic carbocycles. The van der Waals surface area contributed by atoms with Crippen LogP contribution in [0.4, 0.5) is 5.69 Å². The van der Waals surface area contributed by atoms with E-state index in [2.05, 4.69) is 22.2 Å². The lowest BCUT2D eigenvalue weighted by atomic mass is 10.2. The summed E-state index contributed by atoms with van der Waals surface area (Å²) in [7, 11) is 2.13. The molecule has 1 unspecified atom stereocenters. The zero-order chi connectivity index (χ0) is 10.5. The van der Waals surface area contributed by atoms with Crippen molar-refractivity contribution in [3.63, 3.8) is 0 Å². The van der Waals surface area contributed by atoms with Crippen LogP contribution in [0, 0.1) is 0 Å².